The molecule has 1 N–H and O–H groups in total. The van der Waals surface area contributed by atoms with Crippen LogP contribution in [0.15, 0.2) is 63.6 Å². The minimum Gasteiger partial charge on any atom is -0.493 e. The van der Waals surface area contributed by atoms with Crippen molar-refractivity contribution < 1.29 is 14.3 Å². The van der Waals surface area contributed by atoms with E-state index in [-0.39, 0.29) is 17.2 Å². The molecule has 2 heterocycles. The summed E-state index contributed by atoms with van der Waals surface area (Å²) in [5.74, 6) is 0.954. The van der Waals surface area contributed by atoms with Crippen LogP contribution in [0.4, 0.5) is 0 Å². The monoisotopic (exact) mass is 548 g/mol. The van der Waals surface area contributed by atoms with E-state index in [0.717, 1.165) is 52.7 Å². The fourth-order valence-corrected chi connectivity index (χ4v) is 6.63. The van der Waals surface area contributed by atoms with Gasteiger partial charge in [-0.25, -0.2) is 10.4 Å². The van der Waals surface area contributed by atoms with Crippen molar-refractivity contribution in [3.05, 3.63) is 74.9 Å². The molecule has 0 saturated heterocycles. The predicted octanol–water partition coefficient (Wildman–Crippen LogP) is 4.98. The number of benzene rings is 2. The normalized spacial score (nSPS) is 13.3. The number of carbonyl (C=O) groups is 1. The van der Waals surface area contributed by atoms with Gasteiger partial charge >= 0.3 is 0 Å². The third kappa shape index (κ3) is 5.19. The Morgan fingerprint density at radius 3 is 2.63 bits per heavy atom. The maximum absolute atomic E-state index is 13.8. The largest absolute Gasteiger partial charge is 0.493 e. The van der Waals surface area contributed by atoms with Crippen molar-refractivity contribution >= 4 is 44.9 Å². The first-order valence-corrected chi connectivity index (χ1v) is 14.1. The molecule has 0 unspecified atom stereocenters. The summed E-state index contributed by atoms with van der Waals surface area (Å²) in [5, 5.41) is 5.46. The van der Waals surface area contributed by atoms with Crippen LogP contribution in [0.5, 0.6) is 11.5 Å². The van der Waals surface area contributed by atoms with Crippen LogP contribution < -0.4 is 20.5 Å². The van der Waals surface area contributed by atoms with Crippen molar-refractivity contribution in [2.45, 2.75) is 37.8 Å². The summed E-state index contributed by atoms with van der Waals surface area (Å²) in [5.41, 5.74) is 5.82. The molecule has 2 aromatic carbocycles. The van der Waals surface area contributed by atoms with Gasteiger partial charge in [0.25, 0.3) is 11.5 Å². The lowest BCUT2D eigenvalue weighted by molar-refractivity contribution is -0.118. The number of thioether (sulfide) groups is 1. The maximum atomic E-state index is 13.8. The minimum atomic E-state index is -0.297. The van der Waals surface area contributed by atoms with Gasteiger partial charge in [-0.15, -0.1) is 11.3 Å². The van der Waals surface area contributed by atoms with E-state index in [1.54, 1.807) is 49.2 Å². The smallest absolute Gasteiger partial charge is 0.267 e. The molecule has 4 aromatic rings. The molecular formula is C28H28N4O4S2. The molecule has 0 atom stereocenters. The zero-order valence-corrected chi connectivity index (χ0v) is 23.1. The number of nitrogens with one attached hydrogen (secondary N) is 1. The van der Waals surface area contributed by atoms with E-state index in [0.29, 0.717) is 22.4 Å². The number of aryl methyl sites for hydroxylation is 2. The topological polar surface area (TPSA) is 94.8 Å². The van der Waals surface area contributed by atoms with Crippen LogP contribution in [0.1, 0.15) is 35.8 Å². The predicted molar refractivity (Wildman–Crippen MR) is 152 cm³/mol. The Labute approximate surface area is 228 Å². The lowest BCUT2D eigenvalue weighted by Crippen LogP contribution is -2.24. The van der Waals surface area contributed by atoms with Gasteiger partial charge in [0.2, 0.25) is 0 Å². The summed E-state index contributed by atoms with van der Waals surface area (Å²) < 4.78 is 12.3. The van der Waals surface area contributed by atoms with E-state index in [1.807, 2.05) is 36.4 Å². The van der Waals surface area contributed by atoms with Gasteiger partial charge in [0, 0.05) is 10.4 Å². The van der Waals surface area contributed by atoms with Crippen LogP contribution in [0.2, 0.25) is 0 Å². The van der Waals surface area contributed by atoms with Crippen LogP contribution in [0.25, 0.3) is 15.9 Å². The lowest BCUT2D eigenvalue weighted by Gasteiger charge is -2.13. The molecule has 8 nitrogen and oxygen atoms in total. The molecule has 196 valence electrons. The van der Waals surface area contributed by atoms with Gasteiger partial charge in [0.1, 0.15) is 4.83 Å². The summed E-state index contributed by atoms with van der Waals surface area (Å²) in [6, 6.07) is 14.9. The highest BCUT2D eigenvalue weighted by Gasteiger charge is 2.23. The number of thiophene rings is 1. The van der Waals surface area contributed by atoms with E-state index in [9.17, 15) is 9.59 Å². The fraction of sp³-hybridized carbons (Fsp3) is 0.286. The standard InChI is InChI=1S/C28H28N4O4S2/c1-17(18-13-14-21(35-2)22(15-18)36-3)30-31-24(33)16-37-28-29-26-25(20-11-7-8-12-23(20)38-26)27(34)32(28)19-9-5-4-6-10-19/h4-6,9-10,13-15H,7-8,11-12,16H2,1-3H3,(H,31,33)/b30-17+. The number of ether oxygens (including phenoxy) is 2. The molecule has 0 aliphatic heterocycles. The maximum Gasteiger partial charge on any atom is 0.267 e. The van der Waals surface area contributed by atoms with Crippen LogP contribution in [0, 0.1) is 0 Å². The summed E-state index contributed by atoms with van der Waals surface area (Å²) >= 11 is 2.83. The van der Waals surface area contributed by atoms with Gasteiger partial charge in [-0.3, -0.25) is 14.2 Å². The second kappa shape index (κ2) is 11.4. The molecule has 0 fully saturated rings. The second-order valence-corrected chi connectivity index (χ2v) is 10.9. The van der Waals surface area contributed by atoms with Gasteiger partial charge in [0.15, 0.2) is 16.7 Å². The number of nitrogens with zero attached hydrogens (tertiary/aromatic N) is 3. The first kappa shape index (κ1) is 26.0. The number of hydrogen-bond donors (Lipinski definition) is 1. The molecule has 0 saturated carbocycles. The Balaban J connectivity index is 1.39. The Kier molecular flexibility index (Phi) is 7.80. The number of hydrogen-bond acceptors (Lipinski definition) is 8. The third-order valence-corrected chi connectivity index (χ3v) is 8.58. The minimum absolute atomic E-state index is 0.0542. The number of carbonyl (C=O) groups excluding carboxylic acids is 1. The highest BCUT2D eigenvalue weighted by molar-refractivity contribution is 7.99. The summed E-state index contributed by atoms with van der Waals surface area (Å²) in [6.07, 6.45) is 4.12. The zero-order valence-electron chi connectivity index (χ0n) is 21.4. The second-order valence-electron chi connectivity index (χ2n) is 8.85. The van der Waals surface area contributed by atoms with E-state index in [2.05, 4.69) is 10.5 Å². The molecule has 0 spiro atoms. The van der Waals surface area contributed by atoms with Crippen molar-refractivity contribution in [2.75, 3.05) is 20.0 Å². The number of hydrazone groups is 1. The molecular weight excluding hydrogens is 520 g/mol. The molecule has 1 amide bonds. The molecule has 0 bridgehead atoms. The van der Waals surface area contributed by atoms with E-state index < -0.39 is 0 Å². The molecule has 38 heavy (non-hydrogen) atoms. The molecule has 1 aliphatic carbocycles. The molecule has 5 rings (SSSR count). The van der Waals surface area contributed by atoms with Gasteiger partial charge in [-0.2, -0.15) is 5.10 Å². The summed E-state index contributed by atoms with van der Waals surface area (Å²) in [7, 11) is 3.14. The number of methoxy groups -OCH3 is 2. The fourth-order valence-electron chi connectivity index (χ4n) is 4.52. The van der Waals surface area contributed by atoms with Crippen molar-refractivity contribution in [2.24, 2.45) is 5.10 Å². The summed E-state index contributed by atoms with van der Waals surface area (Å²) in [4.78, 5) is 33.4. The first-order chi connectivity index (χ1) is 18.5. The molecule has 1 aliphatic rings. The van der Waals surface area contributed by atoms with Gasteiger partial charge in [-0.05, 0) is 68.5 Å². The Morgan fingerprint density at radius 1 is 1.11 bits per heavy atom. The zero-order chi connectivity index (χ0) is 26.6. The van der Waals surface area contributed by atoms with E-state index in [4.69, 9.17) is 14.5 Å². The van der Waals surface area contributed by atoms with Crippen LogP contribution in [0.3, 0.4) is 0 Å². The van der Waals surface area contributed by atoms with Crippen molar-refractivity contribution in [1.29, 1.82) is 0 Å². The van der Waals surface area contributed by atoms with Gasteiger partial charge < -0.3 is 9.47 Å². The number of rotatable bonds is 8. The highest BCUT2D eigenvalue weighted by atomic mass is 32.2. The average Bonchev–Trinajstić information content (AvgIpc) is 3.33. The average molecular weight is 549 g/mol. The number of para-hydroxylation sites is 1. The van der Waals surface area contributed by atoms with E-state index in [1.165, 1.54) is 16.6 Å². The SMILES string of the molecule is COc1ccc(/C(C)=N/NC(=O)CSc2nc3sc4c(c3c(=O)n2-c2ccccc2)CCCC4)cc1OC. The summed E-state index contributed by atoms with van der Waals surface area (Å²) in [6.45, 7) is 1.80. The Hall–Kier alpha value is -3.63. The first-order valence-electron chi connectivity index (χ1n) is 12.3. The quantitative estimate of drug-likeness (QED) is 0.145. The van der Waals surface area contributed by atoms with Gasteiger partial charge in [0.05, 0.1) is 36.8 Å². The van der Waals surface area contributed by atoms with Crippen LogP contribution >= 0.6 is 23.1 Å². The molecule has 10 heteroatoms. The Bertz CT molecular complexity index is 1580. The highest BCUT2D eigenvalue weighted by Crippen LogP contribution is 2.35. The molecule has 2 aromatic heterocycles. The van der Waals surface area contributed by atoms with Crippen LogP contribution in [-0.4, -0.2) is 41.1 Å². The number of aromatic nitrogens is 2. The number of amides is 1. The van der Waals surface area contributed by atoms with Crippen molar-refractivity contribution in [3.63, 3.8) is 0 Å². The molecule has 0 radical (unpaired) electrons. The van der Waals surface area contributed by atoms with Gasteiger partial charge in [-0.1, -0.05) is 30.0 Å². The van der Waals surface area contributed by atoms with Crippen molar-refractivity contribution in [3.8, 4) is 17.2 Å². The number of fused-ring (bicyclic) bond motifs is 3. The van der Waals surface area contributed by atoms with Crippen molar-refractivity contribution in [1.82, 2.24) is 15.0 Å². The third-order valence-electron chi connectivity index (χ3n) is 6.45. The Morgan fingerprint density at radius 2 is 1.87 bits per heavy atom. The van der Waals surface area contributed by atoms with E-state index >= 15 is 0 Å². The lowest BCUT2D eigenvalue weighted by atomic mass is 9.97. The van der Waals surface area contributed by atoms with Crippen LogP contribution in [-0.2, 0) is 17.6 Å².